The maximum Gasteiger partial charge on any atom is 0.239 e. The van der Waals surface area contributed by atoms with Crippen LogP contribution in [0.3, 0.4) is 0 Å². The molecule has 0 spiro atoms. The summed E-state index contributed by atoms with van der Waals surface area (Å²) in [4.78, 5) is 14.1. The van der Waals surface area contributed by atoms with E-state index in [0.717, 1.165) is 19.5 Å². The van der Waals surface area contributed by atoms with Crippen molar-refractivity contribution in [2.75, 3.05) is 26.2 Å². The molecular formula is C12H25N3O. The molecule has 16 heavy (non-hydrogen) atoms. The second-order valence-corrected chi connectivity index (χ2v) is 4.93. The molecular weight excluding hydrogens is 202 g/mol. The summed E-state index contributed by atoms with van der Waals surface area (Å²) >= 11 is 0. The van der Waals surface area contributed by atoms with E-state index in [4.69, 9.17) is 5.73 Å². The smallest absolute Gasteiger partial charge is 0.239 e. The summed E-state index contributed by atoms with van der Waals surface area (Å²) in [6.45, 7) is 7.98. The molecule has 0 saturated carbocycles. The molecule has 0 aromatic heterocycles. The lowest BCUT2D eigenvalue weighted by Crippen LogP contribution is -2.51. The fraction of sp³-hybridized carbons (Fsp3) is 0.917. The van der Waals surface area contributed by atoms with Gasteiger partial charge in [0.2, 0.25) is 5.91 Å². The van der Waals surface area contributed by atoms with Crippen molar-refractivity contribution in [1.82, 2.24) is 10.2 Å². The number of hydrogen-bond donors (Lipinski definition) is 2. The van der Waals surface area contributed by atoms with Crippen LogP contribution < -0.4 is 11.1 Å². The van der Waals surface area contributed by atoms with Crippen LogP contribution in [0, 0.1) is 0 Å². The number of likely N-dealkylation sites (tertiary alicyclic amines) is 1. The number of nitrogens with two attached hydrogens (primary N) is 1. The van der Waals surface area contributed by atoms with Gasteiger partial charge in [0.1, 0.15) is 0 Å². The predicted molar refractivity (Wildman–Crippen MR) is 66.2 cm³/mol. The van der Waals surface area contributed by atoms with Gasteiger partial charge in [0.05, 0.1) is 5.54 Å². The molecule has 4 nitrogen and oxygen atoms in total. The van der Waals surface area contributed by atoms with Gasteiger partial charge in [-0.1, -0.05) is 6.92 Å². The fourth-order valence-corrected chi connectivity index (χ4v) is 1.87. The topological polar surface area (TPSA) is 58.4 Å². The highest BCUT2D eigenvalue weighted by atomic mass is 16.2. The van der Waals surface area contributed by atoms with Crippen LogP contribution in [0.5, 0.6) is 0 Å². The highest BCUT2D eigenvalue weighted by Gasteiger charge is 2.25. The molecule has 1 atom stereocenters. The van der Waals surface area contributed by atoms with Gasteiger partial charge >= 0.3 is 0 Å². The van der Waals surface area contributed by atoms with Crippen LogP contribution in [0.2, 0.25) is 0 Å². The number of carbonyl (C=O) groups is 1. The average molecular weight is 227 g/mol. The Labute approximate surface area is 98.6 Å². The van der Waals surface area contributed by atoms with E-state index in [2.05, 4.69) is 10.2 Å². The molecule has 0 aromatic rings. The second-order valence-electron chi connectivity index (χ2n) is 4.93. The molecule has 94 valence electrons. The van der Waals surface area contributed by atoms with Crippen LogP contribution in [0.1, 0.15) is 39.5 Å². The summed E-state index contributed by atoms with van der Waals surface area (Å²) in [5, 5.41) is 2.91. The van der Waals surface area contributed by atoms with Crippen molar-refractivity contribution in [3.8, 4) is 0 Å². The van der Waals surface area contributed by atoms with Crippen LogP contribution in [0.25, 0.3) is 0 Å². The Morgan fingerprint density at radius 1 is 1.44 bits per heavy atom. The van der Waals surface area contributed by atoms with Crippen molar-refractivity contribution in [3.63, 3.8) is 0 Å². The number of rotatable bonds is 6. The standard InChI is InChI=1S/C12H25N3O/c1-3-12(2,13)11(16)14-7-6-10-15-8-4-5-9-15/h3-10,13H2,1-2H3,(H,14,16). The monoisotopic (exact) mass is 227 g/mol. The van der Waals surface area contributed by atoms with Gasteiger partial charge in [-0.2, -0.15) is 0 Å². The van der Waals surface area contributed by atoms with Crippen molar-refractivity contribution in [2.45, 2.75) is 45.1 Å². The van der Waals surface area contributed by atoms with Gasteiger partial charge in [-0.05, 0) is 52.2 Å². The van der Waals surface area contributed by atoms with Gasteiger partial charge < -0.3 is 16.0 Å². The summed E-state index contributed by atoms with van der Waals surface area (Å²) in [5.74, 6) is -0.0311. The van der Waals surface area contributed by atoms with Gasteiger partial charge in [0.25, 0.3) is 0 Å². The van der Waals surface area contributed by atoms with Crippen LogP contribution >= 0.6 is 0 Å². The van der Waals surface area contributed by atoms with Gasteiger partial charge in [0, 0.05) is 6.54 Å². The molecule has 1 aliphatic rings. The lowest BCUT2D eigenvalue weighted by molar-refractivity contribution is -0.125. The molecule has 3 N–H and O–H groups in total. The van der Waals surface area contributed by atoms with Gasteiger partial charge in [-0.3, -0.25) is 4.79 Å². The summed E-state index contributed by atoms with van der Waals surface area (Å²) in [5.41, 5.74) is 5.13. The van der Waals surface area contributed by atoms with E-state index in [1.807, 2.05) is 6.92 Å². The number of nitrogens with zero attached hydrogens (tertiary/aromatic N) is 1. The first-order valence-corrected chi connectivity index (χ1v) is 6.36. The molecule has 1 amide bonds. The highest BCUT2D eigenvalue weighted by molar-refractivity contribution is 5.85. The molecule has 1 fully saturated rings. The van der Waals surface area contributed by atoms with E-state index in [0.29, 0.717) is 6.42 Å². The first-order valence-electron chi connectivity index (χ1n) is 6.36. The molecule has 1 unspecified atom stereocenters. The average Bonchev–Trinajstić information content (AvgIpc) is 2.76. The molecule has 0 aliphatic carbocycles. The van der Waals surface area contributed by atoms with Crippen LogP contribution in [-0.4, -0.2) is 42.5 Å². The van der Waals surface area contributed by atoms with Crippen molar-refractivity contribution in [1.29, 1.82) is 0 Å². The zero-order valence-corrected chi connectivity index (χ0v) is 10.6. The first-order chi connectivity index (χ1) is 7.56. The Morgan fingerprint density at radius 2 is 2.06 bits per heavy atom. The summed E-state index contributed by atoms with van der Waals surface area (Å²) in [7, 11) is 0. The minimum absolute atomic E-state index is 0.0311. The lowest BCUT2D eigenvalue weighted by atomic mass is 10.00. The van der Waals surface area contributed by atoms with Crippen LogP contribution in [0.15, 0.2) is 0 Å². The van der Waals surface area contributed by atoms with E-state index in [9.17, 15) is 4.79 Å². The number of amides is 1. The largest absolute Gasteiger partial charge is 0.354 e. The third kappa shape index (κ3) is 4.10. The fourth-order valence-electron chi connectivity index (χ4n) is 1.87. The summed E-state index contributed by atoms with van der Waals surface area (Å²) in [6, 6.07) is 0. The minimum atomic E-state index is -0.715. The van der Waals surface area contributed by atoms with Crippen molar-refractivity contribution >= 4 is 5.91 Å². The third-order valence-electron chi connectivity index (χ3n) is 3.39. The maximum absolute atomic E-state index is 11.6. The van der Waals surface area contributed by atoms with Crippen LogP contribution in [0.4, 0.5) is 0 Å². The zero-order chi connectivity index (χ0) is 12.0. The summed E-state index contributed by atoms with van der Waals surface area (Å²) in [6.07, 6.45) is 4.34. The molecule has 1 saturated heterocycles. The molecule has 4 heteroatoms. The third-order valence-corrected chi connectivity index (χ3v) is 3.39. The predicted octanol–water partition coefficient (Wildman–Crippen LogP) is 0.716. The Balaban J connectivity index is 2.08. The Kier molecular flexibility index (Phi) is 5.22. The summed E-state index contributed by atoms with van der Waals surface area (Å²) < 4.78 is 0. The molecule has 0 bridgehead atoms. The number of carbonyl (C=O) groups excluding carboxylic acids is 1. The Bertz CT molecular complexity index is 222. The first kappa shape index (κ1) is 13.5. The second kappa shape index (κ2) is 6.21. The highest BCUT2D eigenvalue weighted by Crippen LogP contribution is 2.07. The molecule has 0 radical (unpaired) electrons. The number of nitrogens with one attached hydrogen (secondary N) is 1. The molecule has 1 aliphatic heterocycles. The SMILES string of the molecule is CCC(C)(N)C(=O)NCCCN1CCCC1. The maximum atomic E-state index is 11.6. The minimum Gasteiger partial charge on any atom is -0.354 e. The Morgan fingerprint density at radius 3 is 2.62 bits per heavy atom. The number of hydrogen-bond acceptors (Lipinski definition) is 3. The van der Waals surface area contributed by atoms with E-state index >= 15 is 0 Å². The van der Waals surface area contributed by atoms with Gasteiger partial charge in [-0.15, -0.1) is 0 Å². The van der Waals surface area contributed by atoms with Crippen molar-refractivity contribution in [3.05, 3.63) is 0 Å². The van der Waals surface area contributed by atoms with E-state index < -0.39 is 5.54 Å². The van der Waals surface area contributed by atoms with Crippen LogP contribution in [-0.2, 0) is 4.79 Å². The molecule has 1 heterocycles. The van der Waals surface area contributed by atoms with Gasteiger partial charge in [-0.25, -0.2) is 0 Å². The molecule has 1 rings (SSSR count). The van der Waals surface area contributed by atoms with Crippen molar-refractivity contribution < 1.29 is 4.79 Å². The van der Waals surface area contributed by atoms with Gasteiger partial charge in [0.15, 0.2) is 0 Å². The quantitative estimate of drug-likeness (QED) is 0.657. The zero-order valence-electron chi connectivity index (χ0n) is 10.6. The van der Waals surface area contributed by atoms with E-state index in [1.54, 1.807) is 6.92 Å². The van der Waals surface area contributed by atoms with E-state index in [-0.39, 0.29) is 5.91 Å². The Hall–Kier alpha value is -0.610. The molecule has 0 aromatic carbocycles. The van der Waals surface area contributed by atoms with Crippen molar-refractivity contribution in [2.24, 2.45) is 5.73 Å². The lowest BCUT2D eigenvalue weighted by Gasteiger charge is -2.22. The van der Waals surface area contributed by atoms with E-state index in [1.165, 1.54) is 25.9 Å². The normalized spacial score (nSPS) is 20.7.